The number of rotatable bonds is 1. The van der Waals surface area contributed by atoms with Crippen LogP contribution in [-0.4, -0.2) is 14.2 Å². The number of methoxy groups -OCH3 is 1. The molecule has 4 rings (SSSR count). The van der Waals surface area contributed by atoms with Gasteiger partial charge in [-0.15, -0.1) is 0 Å². The number of anilines is 1. The maximum absolute atomic E-state index is 5.54. The van der Waals surface area contributed by atoms with Crippen LogP contribution in [-0.2, 0) is 17.4 Å². The van der Waals surface area contributed by atoms with Crippen LogP contribution >= 0.6 is 0 Å². The van der Waals surface area contributed by atoms with Crippen LogP contribution < -0.4 is 9.64 Å². The van der Waals surface area contributed by atoms with Crippen LogP contribution in [0, 0.1) is 6.92 Å². The topological polar surface area (TPSA) is 12.5 Å². The highest BCUT2D eigenvalue weighted by molar-refractivity contribution is 5.75. The highest BCUT2D eigenvalue weighted by atomic mass is 16.5. The molecule has 0 amide bonds. The Balaban J connectivity index is 2.03. The van der Waals surface area contributed by atoms with E-state index < -0.39 is 0 Å². The molecule has 0 saturated heterocycles. The van der Waals surface area contributed by atoms with E-state index in [1.54, 1.807) is 7.11 Å². The van der Waals surface area contributed by atoms with Gasteiger partial charge in [-0.05, 0) is 54.7 Å². The lowest BCUT2D eigenvalue weighted by atomic mass is 9.70. The van der Waals surface area contributed by atoms with Crippen molar-refractivity contribution in [2.75, 3.05) is 19.1 Å². The zero-order valence-corrected chi connectivity index (χ0v) is 14.0. The molecule has 0 saturated carbocycles. The molecular formula is C20H23NO. The molecule has 0 spiro atoms. The van der Waals surface area contributed by atoms with Gasteiger partial charge in [-0.2, -0.15) is 0 Å². The van der Waals surface area contributed by atoms with E-state index in [9.17, 15) is 0 Å². The van der Waals surface area contributed by atoms with Gasteiger partial charge in [0.05, 0.1) is 12.6 Å². The second kappa shape index (κ2) is 4.07. The van der Waals surface area contributed by atoms with Gasteiger partial charge in [0.1, 0.15) is 5.75 Å². The van der Waals surface area contributed by atoms with E-state index in [0.717, 1.165) is 12.2 Å². The molecule has 0 radical (unpaired) electrons. The fourth-order valence-corrected chi connectivity index (χ4v) is 4.86. The van der Waals surface area contributed by atoms with Crippen LogP contribution in [0.2, 0.25) is 0 Å². The van der Waals surface area contributed by atoms with E-state index in [2.05, 4.69) is 69.1 Å². The van der Waals surface area contributed by atoms with Gasteiger partial charge in [0.15, 0.2) is 0 Å². The van der Waals surface area contributed by atoms with Crippen LogP contribution in [0.3, 0.4) is 0 Å². The van der Waals surface area contributed by atoms with Crippen molar-refractivity contribution in [1.82, 2.24) is 0 Å². The molecule has 0 N–H and O–H groups in total. The molecule has 2 aromatic rings. The van der Waals surface area contributed by atoms with Crippen LogP contribution in [0.15, 0.2) is 36.4 Å². The molecule has 0 fully saturated rings. The van der Waals surface area contributed by atoms with Crippen molar-refractivity contribution in [2.45, 2.75) is 38.1 Å². The average Bonchev–Trinajstić information content (AvgIpc) is 2.84. The third kappa shape index (κ3) is 1.32. The summed E-state index contributed by atoms with van der Waals surface area (Å²) in [6, 6.07) is 13.3. The predicted octanol–water partition coefficient (Wildman–Crippen LogP) is 4.18. The summed E-state index contributed by atoms with van der Waals surface area (Å²) in [6.07, 6.45) is 1.09. The minimum Gasteiger partial charge on any atom is -0.497 e. The molecule has 1 aliphatic carbocycles. The molecule has 2 aromatic carbocycles. The molecular weight excluding hydrogens is 270 g/mol. The van der Waals surface area contributed by atoms with E-state index in [-0.39, 0.29) is 11.0 Å². The lowest BCUT2D eigenvalue weighted by Gasteiger charge is -2.41. The zero-order valence-electron chi connectivity index (χ0n) is 14.0. The van der Waals surface area contributed by atoms with Crippen molar-refractivity contribution in [1.29, 1.82) is 0 Å². The Morgan fingerprint density at radius 2 is 1.82 bits per heavy atom. The molecule has 0 aromatic heterocycles. The van der Waals surface area contributed by atoms with Crippen LogP contribution in [0.25, 0.3) is 0 Å². The SMILES string of the molecule is COc1cc(C)c2c(c1)C1(C)Cc3ccccc3C1(C)N2C. The van der Waals surface area contributed by atoms with Crippen molar-refractivity contribution in [3.05, 3.63) is 58.7 Å². The van der Waals surface area contributed by atoms with E-state index in [1.807, 2.05) is 0 Å². The number of nitrogens with zero attached hydrogens (tertiary/aromatic N) is 1. The summed E-state index contributed by atoms with van der Waals surface area (Å²) in [6.45, 7) is 7.00. The van der Waals surface area contributed by atoms with Crippen LogP contribution in [0.5, 0.6) is 5.75 Å². The van der Waals surface area contributed by atoms with Gasteiger partial charge in [0, 0.05) is 18.2 Å². The molecule has 1 aliphatic heterocycles. The van der Waals surface area contributed by atoms with Crippen LogP contribution in [0.1, 0.15) is 36.1 Å². The molecule has 2 atom stereocenters. The lowest BCUT2D eigenvalue weighted by molar-refractivity contribution is 0.304. The van der Waals surface area contributed by atoms with Crippen molar-refractivity contribution in [3.63, 3.8) is 0 Å². The first-order valence-electron chi connectivity index (χ1n) is 7.95. The van der Waals surface area contributed by atoms with E-state index in [0.29, 0.717) is 0 Å². The Labute approximate surface area is 132 Å². The van der Waals surface area contributed by atoms with Gasteiger partial charge < -0.3 is 9.64 Å². The second-order valence-electron chi connectivity index (χ2n) is 7.14. The maximum atomic E-state index is 5.54. The standard InChI is InChI=1S/C20H23NO/c1-13-10-15(22-5)11-17-18(13)21(4)20(3)16-9-7-6-8-14(16)12-19(17,20)2/h6-11H,12H2,1-5H3. The van der Waals surface area contributed by atoms with Crippen LogP contribution in [0.4, 0.5) is 5.69 Å². The summed E-state index contributed by atoms with van der Waals surface area (Å²) in [4.78, 5) is 2.49. The largest absolute Gasteiger partial charge is 0.497 e. The Bertz CT molecular complexity index is 781. The summed E-state index contributed by atoms with van der Waals surface area (Å²) in [5.74, 6) is 0.964. The Hall–Kier alpha value is -1.96. The highest BCUT2D eigenvalue weighted by Gasteiger charge is 2.60. The third-order valence-electron chi connectivity index (χ3n) is 6.27. The Kier molecular flexibility index (Phi) is 2.53. The molecule has 1 heterocycles. The zero-order chi connectivity index (χ0) is 15.7. The van der Waals surface area contributed by atoms with Gasteiger partial charge in [-0.3, -0.25) is 0 Å². The predicted molar refractivity (Wildman–Crippen MR) is 91.0 cm³/mol. The van der Waals surface area contributed by atoms with Gasteiger partial charge in [-0.1, -0.05) is 31.2 Å². The second-order valence-corrected chi connectivity index (χ2v) is 7.14. The molecule has 2 nitrogen and oxygen atoms in total. The molecule has 0 bridgehead atoms. The number of ether oxygens (including phenoxy) is 1. The minimum atomic E-state index is 0.00303. The number of aryl methyl sites for hydroxylation is 1. The number of hydrogen-bond acceptors (Lipinski definition) is 2. The molecule has 2 aliphatic rings. The Morgan fingerprint density at radius 3 is 2.55 bits per heavy atom. The first-order valence-corrected chi connectivity index (χ1v) is 7.95. The number of fused-ring (bicyclic) bond motifs is 5. The molecule has 114 valence electrons. The van der Waals surface area contributed by atoms with Crippen molar-refractivity contribution < 1.29 is 4.74 Å². The lowest BCUT2D eigenvalue weighted by Crippen LogP contribution is -2.47. The molecule has 2 heteroatoms. The normalized spacial score (nSPS) is 28.3. The summed E-state index contributed by atoms with van der Waals surface area (Å²) in [5.41, 5.74) is 7.13. The summed E-state index contributed by atoms with van der Waals surface area (Å²) < 4.78 is 5.54. The van der Waals surface area contributed by atoms with Gasteiger partial charge in [-0.25, -0.2) is 0 Å². The fourth-order valence-electron chi connectivity index (χ4n) is 4.86. The van der Waals surface area contributed by atoms with E-state index >= 15 is 0 Å². The number of likely N-dealkylation sites (N-methyl/N-ethyl adjacent to an activating group) is 1. The minimum absolute atomic E-state index is 0.00303. The summed E-state index contributed by atoms with van der Waals surface area (Å²) >= 11 is 0. The van der Waals surface area contributed by atoms with Crippen molar-refractivity contribution >= 4 is 5.69 Å². The number of hydrogen-bond donors (Lipinski definition) is 0. The van der Waals surface area contributed by atoms with Crippen molar-refractivity contribution in [2.24, 2.45) is 0 Å². The van der Waals surface area contributed by atoms with Crippen molar-refractivity contribution in [3.8, 4) is 5.75 Å². The monoisotopic (exact) mass is 293 g/mol. The van der Waals surface area contributed by atoms with E-state index in [4.69, 9.17) is 4.74 Å². The molecule has 2 unspecified atom stereocenters. The molecule has 22 heavy (non-hydrogen) atoms. The smallest absolute Gasteiger partial charge is 0.119 e. The van der Waals surface area contributed by atoms with Gasteiger partial charge in [0.2, 0.25) is 0 Å². The third-order valence-corrected chi connectivity index (χ3v) is 6.27. The quantitative estimate of drug-likeness (QED) is 0.782. The van der Waals surface area contributed by atoms with Gasteiger partial charge in [0.25, 0.3) is 0 Å². The number of benzene rings is 2. The summed E-state index contributed by atoms with van der Waals surface area (Å²) in [5, 5.41) is 0. The first kappa shape index (κ1) is 13.7. The van der Waals surface area contributed by atoms with E-state index in [1.165, 1.54) is 27.9 Å². The highest BCUT2D eigenvalue weighted by Crippen LogP contribution is 2.63. The Morgan fingerprint density at radius 1 is 1.09 bits per heavy atom. The van der Waals surface area contributed by atoms with Gasteiger partial charge >= 0.3 is 0 Å². The summed E-state index contributed by atoms with van der Waals surface area (Å²) in [7, 11) is 4.00. The average molecular weight is 293 g/mol. The fraction of sp³-hybridized carbons (Fsp3) is 0.400. The first-order chi connectivity index (χ1) is 10.4. The maximum Gasteiger partial charge on any atom is 0.119 e.